The average molecular weight is 1160 g/mol. The van der Waals surface area contributed by atoms with Gasteiger partial charge in [0, 0.05) is 47.9 Å². The maximum absolute atomic E-state index is 12.9. The number of nitrogens with zero attached hydrogens (tertiary/aromatic N) is 14. The van der Waals surface area contributed by atoms with E-state index in [1.807, 2.05) is 0 Å². The molecule has 0 spiro atoms. The fourth-order valence-corrected chi connectivity index (χ4v) is 12.2. The molecule has 4 aromatic rings. The zero-order chi connectivity index (χ0) is 52.0. The Morgan fingerprint density at radius 1 is 0.716 bits per heavy atom. The summed E-state index contributed by atoms with van der Waals surface area (Å²) in [6, 6.07) is -2.15. The average Bonchev–Trinajstić information content (AvgIpc) is 4.17. The van der Waals surface area contributed by atoms with Gasteiger partial charge in [0.2, 0.25) is 23.5 Å². The molecule has 0 radical (unpaired) electrons. The molecule has 2 saturated heterocycles. The molecular weight excluding hydrogens is 1120 g/mol. The van der Waals surface area contributed by atoms with E-state index in [0.717, 1.165) is 32.5 Å². The Balaban J connectivity index is 0.000000267. The van der Waals surface area contributed by atoms with Crippen molar-refractivity contribution < 1.29 is 128 Å². The van der Waals surface area contributed by atoms with Crippen LogP contribution in [0.1, 0.15) is 11.4 Å². The molecule has 2 fully saturated rings. The molecule has 8 N–H and O–H groups in total. The molecule has 4 aromatic heterocycles. The smallest absolute Gasteiger partial charge is 0.543 e. The normalized spacial score (nSPS) is 19.0. The number of carbonyl (C=O) groups is 8. The van der Waals surface area contributed by atoms with Crippen molar-refractivity contribution in [2.75, 3.05) is 47.7 Å². The van der Waals surface area contributed by atoms with Gasteiger partial charge in [-0.05, 0) is 32.0 Å². The Morgan fingerprint density at radius 2 is 1.09 bits per heavy atom. The minimum absolute atomic E-state index is 0. The minimum Gasteiger partial charge on any atom is -0.543 e. The van der Waals surface area contributed by atoms with Gasteiger partial charge < -0.3 is 61.8 Å². The molecule has 32 nitrogen and oxygen atoms in total. The number of hydrogen-bond donors (Lipinski definition) is 6. The van der Waals surface area contributed by atoms with Gasteiger partial charge in [-0.1, -0.05) is 33.8 Å². The first-order valence-corrected chi connectivity index (χ1v) is 25.5. The Bertz CT molecular complexity index is 2790. The van der Waals surface area contributed by atoms with E-state index < -0.39 is 83.6 Å². The molecule has 2 unspecified atom stereocenters. The number of β-lactam (4-membered cyclic amide) rings is 2. The number of thiazole rings is 2. The summed E-state index contributed by atoms with van der Waals surface area (Å²) < 4.78 is 2.86. The summed E-state index contributed by atoms with van der Waals surface area (Å²) in [6.07, 6.45) is 0. The number of nitrogens with one attached hydrogen (secondary N) is 2. The van der Waals surface area contributed by atoms with Crippen LogP contribution in [-0.4, -0.2) is 188 Å². The van der Waals surface area contributed by atoms with Crippen LogP contribution in [0.3, 0.4) is 0 Å². The third-order valence-electron chi connectivity index (χ3n) is 9.61. The number of hydrogen-bond acceptors (Lipinski definition) is 30. The van der Waals surface area contributed by atoms with Crippen molar-refractivity contribution in [3.63, 3.8) is 0 Å². The molecule has 0 aliphatic carbocycles. The van der Waals surface area contributed by atoms with Crippen LogP contribution < -0.4 is 91.4 Å². The largest absolute Gasteiger partial charge is 1.00 e. The second-order valence-electron chi connectivity index (χ2n) is 14.3. The number of carboxylic acids is 4. The fraction of sp³-hybridized carbons (Fsp3) is 0.353. The first-order chi connectivity index (χ1) is 34.3. The molecule has 4 aliphatic heterocycles. The molecule has 380 valence electrons. The SMILES string of the molecule is Cn1nnnc1SCC1=C(C(=O)[O-])N2C(=O)C(NC(=O)C(=NOCC(=O)O)c3csc(N)n3)[C@H]2SC1.Cn1nnnc1SCC1=C(C(=O)[O-])N2C(=O)C(NC(=O)C(=NOCC(=O)O)c3csc(N)n3)[C@H]2SC1.[Na+].[Na+]. The molecule has 4 atom stereocenters. The summed E-state index contributed by atoms with van der Waals surface area (Å²) in [6.45, 7) is -1.62. The van der Waals surface area contributed by atoms with Gasteiger partial charge in [-0.2, -0.15) is 0 Å². The van der Waals surface area contributed by atoms with Crippen molar-refractivity contribution >= 4 is 139 Å². The Labute approximate surface area is 482 Å². The van der Waals surface area contributed by atoms with Crippen LogP contribution in [0.25, 0.3) is 0 Å². The van der Waals surface area contributed by atoms with Crippen LogP contribution in [0.5, 0.6) is 0 Å². The first-order valence-electron chi connectivity index (χ1n) is 19.7. The summed E-state index contributed by atoms with van der Waals surface area (Å²) in [7, 11) is 3.27. The number of carboxylic acid groups (broad SMARTS) is 4. The number of nitrogen functional groups attached to an aromatic ring is 2. The number of fused-ring (bicyclic) bond motifs is 2. The van der Waals surface area contributed by atoms with Crippen LogP contribution in [0, 0.1) is 0 Å². The number of aromatic nitrogens is 10. The van der Waals surface area contributed by atoms with Crippen molar-refractivity contribution in [3.8, 4) is 0 Å². The van der Waals surface area contributed by atoms with Gasteiger partial charge in [-0.25, -0.2) is 28.9 Å². The number of oxime groups is 2. The third-order valence-corrected chi connectivity index (χ3v) is 15.8. The fourth-order valence-electron chi connectivity index (χ4n) is 6.48. The van der Waals surface area contributed by atoms with Crippen molar-refractivity contribution in [3.05, 3.63) is 44.7 Å². The van der Waals surface area contributed by atoms with Crippen molar-refractivity contribution in [1.29, 1.82) is 0 Å². The number of aliphatic carboxylic acids is 4. The quantitative estimate of drug-likeness (QED) is 0.0157. The van der Waals surface area contributed by atoms with Gasteiger partial charge in [0.25, 0.3) is 23.6 Å². The van der Waals surface area contributed by atoms with E-state index in [9.17, 15) is 48.6 Å². The number of amides is 4. The van der Waals surface area contributed by atoms with E-state index in [2.05, 4.69) is 71.6 Å². The molecule has 74 heavy (non-hydrogen) atoms. The summed E-state index contributed by atoms with van der Waals surface area (Å²) in [5, 5.41) is 78.1. The number of carbonyl (C=O) groups excluding carboxylic acids is 6. The summed E-state index contributed by atoms with van der Waals surface area (Å²) in [4.78, 5) is 116. The van der Waals surface area contributed by atoms with E-state index in [-0.39, 0.29) is 127 Å². The molecule has 0 bridgehead atoms. The summed E-state index contributed by atoms with van der Waals surface area (Å²) in [5.74, 6) is -7.81. The van der Waals surface area contributed by atoms with Crippen molar-refractivity contribution in [2.24, 2.45) is 24.4 Å². The van der Waals surface area contributed by atoms with Gasteiger partial charge in [-0.3, -0.25) is 29.0 Å². The zero-order valence-corrected chi connectivity index (χ0v) is 47.3. The second kappa shape index (κ2) is 26.4. The predicted octanol–water partition coefficient (Wildman–Crippen LogP) is -11.5. The van der Waals surface area contributed by atoms with E-state index in [0.29, 0.717) is 21.5 Å². The minimum atomic E-state index is -1.52. The number of nitrogens with two attached hydrogens (primary N) is 2. The molecule has 0 aromatic carbocycles. The number of anilines is 2. The van der Waals surface area contributed by atoms with Gasteiger partial charge in [0.15, 0.2) is 21.7 Å². The first kappa shape index (κ1) is 59.5. The van der Waals surface area contributed by atoms with E-state index in [4.69, 9.17) is 21.7 Å². The third kappa shape index (κ3) is 13.7. The van der Waals surface area contributed by atoms with Gasteiger partial charge in [0.05, 0.1) is 23.3 Å². The van der Waals surface area contributed by atoms with Crippen molar-refractivity contribution in [2.45, 2.75) is 33.1 Å². The standard InChI is InChI=1S/2C17H17N9O7S3.2Na/c2*1-25-17(21-23-24-25)36-4-6-3-34-14-10(13(30)26(14)11(6)15(31)32)20-12(29)9(22-33-2-8(27)28)7-5-35-16(18)19-7;;/h2*5,10,14H,2-4H2,1H3,(H2,18,19)(H,20,29)(H,27,28)(H,31,32);;/q;;2*+1/p-2/t2*10?,14-;;/m11../s1. The van der Waals surface area contributed by atoms with E-state index in [1.54, 1.807) is 14.1 Å². The Hall–Kier alpha value is -5.42. The van der Waals surface area contributed by atoms with Crippen LogP contribution in [-0.2, 0) is 62.1 Å². The topological polar surface area (TPSA) is 462 Å². The number of tetrazole rings is 2. The monoisotopic (exact) mass is 1150 g/mol. The number of aryl methyl sites for hydroxylation is 2. The molecular formula is C34H32N18Na2O14S6. The zero-order valence-electron chi connectivity index (χ0n) is 38.4. The number of rotatable bonds is 20. The van der Waals surface area contributed by atoms with Crippen LogP contribution >= 0.6 is 69.7 Å². The molecule has 4 aliphatic rings. The maximum atomic E-state index is 12.9. The number of thioether (sulfide) groups is 4. The Morgan fingerprint density at radius 3 is 1.39 bits per heavy atom. The summed E-state index contributed by atoms with van der Waals surface area (Å²) >= 11 is 6.96. The summed E-state index contributed by atoms with van der Waals surface area (Å²) in [5.41, 5.74) is 10.8. The van der Waals surface area contributed by atoms with E-state index >= 15 is 0 Å². The molecule has 4 amide bonds. The van der Waals surface area contributed by atoms with E-state index in [1.165, 1.54) is 67.2 Å². The van der Waals surface area contributed by atoms with Gasteiger partial charge in [-0.15, -0.1) is 56.4 Å². The van der Waals surface area contributed by atoms with Crippen molar-refractivity contribution in [1.82, 2.24) is 70.8 Å². The molecule has 8 heterocycles. The second-order valence-corrected chi connectivity index (χ2v) is 20.2. The van der Waals surface area contributed by atoms with Gasteiger partial charge in [0.1, 0.15) is 34.2 Å². The Kier molecular flexibility index (Phi) is 21.2. The van der Waals surface area contributed by atoms with Crippen LogP contribution in [0.15, 0.2) is 53.9 Å². The maximum Gasteiger partial charge on any atom is 1.00 e. The van der Waals surface area contributed by atoms with Gasteiger partial charge >= 0.3 is 71.1 Å². The molecule has 0 saturated carbocycles. The molecule has 40 heteroatoms. The predicted molar refractivity (Wildman–Crippen MR) is 246 cm³/mol. The van der Waals surface area contributed by atoms with Crippen LogP contribution in [0.2, 0.25) is 0 Å². The molecule has 8 rings (SSSR count). The van der Waals surface area contributed by atoms with Crippen LogP contribution in [0.4, 0.5) is 10.3 Å².